The zero-order valence-electron chi connectivity index (χ0n) is 10.6. The third-order valence-corrected chi connectivity index (χ3v) is 4.22. The number of allylic oxidation sites excluding steroid dienone is 3. The van der Waals surface area contributed by atoms with E-state index in [4.69, 9.17) is 28.3 Å². The number of hydrogen-bond acceptors (Lipinski definition) is 2. The Hall–Kier alpha value is -0.870. The van der Waals surface area contributed by atoms with Crippen LogP contribution in [-0.2, 0) is 4.87 Å². The van der Waals surface area contributed by atoms with Gasteiger partial charge in [0.05, 0.1) is 11.0 Å². The monoisotopic (exact) mass is 316 g/mol. The van der Waals surface area contributed by atoms with Gasteiger partial charge in [-0.25, -0.2) is 4.39 Å². The number of alkyl halides is 1. The molecule has 5 heteroatoms. The zero-order valence-corrected chi connectivity index (χ0v) is 12.2. The molecule has 3 atom stereocenters. The quantitative estimate of drug-likeness (QED) is 0.837. The summed E-state index contributed by atoms with van der Waals surface area (Å²) in [6, 6.07) is 5.90. The van der Waals surface area contributed by atoms with Crippen LogP contribution in [-0.4, -0.2) is 22.9 Å². The van der Waals surface area contributed by atoms with Crippen molar-refractivity contribution in [3.63, 3.8) is 0 Å². The minimum absolute atomic E-state index is 0.154. The Morgan fingerprint density at radius 3 is 2.80 bits per heavy atom. The summed E-state index contributed by atoms with van der Waals surface area (Å²) in [5.74, 6) is -0.905. The van der Waals surface area contributed by atoms with Crippen LogP contribution < -0.4 is 0 Å². The standard InChI is InChI=1S/C15H15Cl2FO2/c16-11-4-5-13(14(20)6-7-19)15(17,9-11)10-2-1-3-12(18)8-10/h1-5,8-9,13-14,19-20H,6-7H2. The van der Waals surface area contributed by atoms with Gasteiger partial charge in [-0.3, -0.25) is 0 Å². The largest absolute Gasteiger partial charge is 0.396 e. The van der Waals surface area contributed by atoms with Crippen molar-refractivity contribution in [2.45, 2.75) is 17.4 Å². The molecular weight excluding hydrogens is 302 g/mol. The molecule has 1 aromatic rings. The molecule has 1 aromatic carbocycles. The predicted octanol–water partition coefficient (Wildman–Crippen LogP) is 3.31. The van der Waals surface area contributed by atoms with Gasteiger partial charge in [-0.05, 0) is 36.3 Å². The first-order chi connectivity index (χ1) is 9.47. The molecule has 0 spiro atoms. The number of aliphatic hydroxyl groups is 2. The Morgan fingerprint density at radius 1 is 1.40 bits per heavy atom. The van der Waals surface area contributed by atoms with Gasteiger partial charge in [-0.2, -0.15) is 0 Å². The number of aliphatic hydroxyl groups excluding tert-OH is 2. The van der Waals surface area contributed by atoms with Gasteiger partial charge in [0.2, 0.25) is 0 Å². The average Bonchev–Trinajstić information content (AvgIpc) is 2.38. The zero-order chi connectivity index (χ0) is 14.8. The maximum Gasteiger partial charge on any atom is 0.123 e. The summed E-state index contributed by atoms with van der Waals surface area (Å²) in [5, 5.41) is 19.6. The summed E-state index contributed by atoms with van der Waals surface area (Å²) in [4.78, 5) is -1.14. The normalized spacial score (nSPS) is 27.2. The molecule has 1 aliphatic carbocycles. The van der Waals surface area contributed by atoms with Crippen LogP contribution in [0.15, 0.2) is 47.5 Å². The maximum atomic E-state index is 13.4. The van der Waals surface area contributed by atoms with Crippen molar-refractivity contribution < 1.29 is 14.6 Å². The van der Waals surface area contributed by atoms with E-state index in [2.05, 4.69) is 0 Å². The fourth-order valence-corrected chi connectivity index (χ4v) is 3.16. The fourth-order valence-electron chi connectivity index (χ4n) is 2.40. The summed E-state index contributed by atoms with van der Waals surface area (Å²) in [6.45, 7) is -0.154. The van der Waals surface area contributed by atoms with Crippen molar-refractivity contribution in [1.29, 1.82) is 0 Å². The third kappa shape index (κ3) is 3.07. The SMILES string of the molecule is OCCC(O)C1C=CC(Cl)=CC1(Cl)c1cccc(F)c1. The van der Waals surface area contributed by atoms with Crippen molar-refractivity contribution in [2.24, 2.45) is 5.92 Å². The minimum Gasteiger partial charge on any atom is -0.396 e. The molecule has 0 saturated heterocycles. The number of hydrogen-bond donors (Lipinski definition) is 2. The van der Waals surface area contributed by atoms with Gasteiger partial charge in [-0.1, -0.05) is 29.8 Å². The lowest BCUT2D eigenvalue weighted by atomic mass is 9.78. The molecule has 1 aliphatic rings. The van der Waals surface area contributed by atoms with Gasteiger partial charge in [0.25, 0.3) is 0 Å². The second kappa shape index (κ2) is 6.27. The summed E-state index contributed by atoms with van der Waals surface area (Å²) in [6.07, 6.45) is 4.27. The molecule has 0 aliphatic heterocycles. The second-order valence-corrected chi connectivity index (χ2v) is 5.83. The second-order valence-electron chi connectivity index (χ2n) is 4.77. The summed E-state index contributed by atoms with van der Waals surface area (Å²) in [7, 11) is 0. The topological polar surface area (TPSA) is 40.5 Å². The van der Waals surface area contributed by atoms with Crippen molar-refractivity contribution >= 4 is 23.2 Å². The summed E-state index contributed by atoms with van der Waals surface area (Å²) < 4.78 is 13.4. The molecule has 0 saturated carbocycles. The Morgan fingerprint density at radius 2 is 2.15 bits per heavy atom. The van der Waals surface area contributed by atoms with Crippen molar-refractivity contribution in [2.75, 3.05) is 6.61 Å². The van der Waals surface area contributed by atoms with E-state index in [1.807, 2.05) is 0 Å². The van der Waals surface area contributed by atoms with E-state index in [1.165, 1.54) is 12.1 Å². The van der Waals surface area contributed by atoms with Gasteiger partial charge in [-0.15, -0.1) is 11.6 Å². The van der Waals surface area contributed by atoms with E-state index in [-0.39, 0.29) is 13.0 Å². The first kappa shape index (κ1) is 15.5. The molecular formula is C15H15Cl2FO2. The molecule has 0 bridgehead atoms. The van der Waals surface area contributed by atoms with E-state index in [0.717, 1.165) is 0 Å². The molecule has 0 amide bonds. The van der Waals surface area contributed by atoms with E-state index < -0.39 is 22.7 Å². The Balaban J connectivity index is 2.44. The lowest BCUT2D eigenvalue weighted by molar-refractivity contribution is 0.0849. The summed E-state index contributed by atoms with van der Waals surface area (Å²) in [5.41, 5.74) is 0.517. The highest BCUT2D eigenvalue weighted by Crippen LogP contribution is 2.45. The third-order valence-electron chi connectivity index (χ3n) is 3.40. The smallest absolute Gasteiger partial charge is 0.123 e. The number of rotatable bonds is 4. The Labute approximate surface area is 127 Å². The Bertz CT molecular complexity index is 544. The first-order valence-corrected chi connectivity index (χ1v) is 7.03. The van der Waals surface area contributed by atoms with E-state index in [9.17, 15) is 9.50 Å². The molecule has 2 rings (SSSR count). The number of benzene rings is 1. The molecule has 0 aromatic heterocycles. The molecule has 0 radical (unpaired) electrons. The van der Waals surface area contributed by atoms with E-state index >= 15 is 0 Å². The fraction of sp³-hybridized carbons (Fsp3) is 0.333. The van der Waals surface area contributed by atoms with Gasteiger partial charge in [0, 0.05) is 17.6 Å². The van der Waals surface area contributed by atoms with Crippen LogP contribution in [0.3, 0.4) is 0 Å². The van der Waals surface area contributed by atoms with Crippen LogP contribution in [0.4, 0.5) is 4.39 Å². The summed E-state index contributed by atoms with van der Waals surface area (Å²) >= 11 is 12.6. The molecule has 108 valence electrons. The minimum atomic E-state index is -1.14. The molecule has 20 heavy (non-hydrogen) atoms. The van der Waals surface area contributed by atoms with Crippen LogP contribution in [0.2, 0.25) is 0 Å². The first-order valence-electron chi connectivity index (χ1n) is 6.28. The highest BCUT2D eigenvalue weighted by Gasteiger charge is 2.41. The molecule has 0 heterocycles. The highest BCUT2D eigenvalue weighted by atomic mass is 35.5. The molecule has 2 N–H and O–H groups in total. The van der Waals surface area contributed by atoms with Crippen molar-refractivity contribution in [1.82, 2.24) is 0 Å². The van der Waals surface area contributed by atoms with Crippen LogP contribution >= 0.6 is 23.2 Å². The van der Waals surface area contributed by atoms with Crippen molar-refractivity contribution in [3.05, 3.63) is 58.9 Å². The maximum absolute atomic E-state index is 13.4. The lowest BCUT2D eigenvalue weighted by Gasteiger charge is -2.36. The van der Waals surface area contributed by atoms with E-state index in [1.54, 1.807) is 30.4 Å². The van der Waals surface area contributed by atoms with Gasteiger partial charge in [0.1, 0.15) is 5.82 Å². The van der Waals surface area contributed by atoms with E-state index in [0.29, 0.717) is 10.6 Å². The van der Waals surface area contributed by atoms with Crippen LogP contribution in [0.25, 0.3) is 0 Å². The predicted molar refractivity (Wildman–Crippen MR) is 78.2 cm³/mol. The van der Waals surface area contributed by atoms with Gasteiger partial charge < -0.3 is 10.2 Å². The van der Waals surface area contributed by atoms with Crippen molar-refractivity contribution in [3.8, 4) is 0 Å². The average molecular weight is 317 g/mol. The molecule has 3 unspecified atom stereocenters. The lowest BCUT2D eigenvalue weighted by Crippen LogP contribution is -2.37. The van der Waals surface area contributed by atoms with Gasteiger partial charge >= 0.3 is 0 Å². The van der Waals surface area contributed by atoms with Gasteiger partial charge in [0.15, 0.2) is 0 Å². The molecule has 2 nitrogen and oxygen atoms in total. The highest BCUT2D eigenvalue weighted by molar-refractivity contribution is 6.33. The van der Waals surface area contributed by atoms with Crippen LogP contribution in [0.1, 0.15) is 12.0 Å². The Kier molecular flexibility index (Phi) is 4.86. The van der Waals surface area contributed by atoms with Crippen LogP contribution in [0.5, 0.6) is 0 Å². The molecule has 0 fully saturated rings. The van der Waals surface area contributed by atoms with Crippen LogP contribution in [0, 0.1) is 11.7 Å². The number of halogens is 3.